The van der Waals surface area contributed by atoms with Crippen LogP contribution in [0, 0.1) is 0 Å². The normalized spacial score (nSPS) is 24.4. The van der Waals surface area contributed by atoms with E-state index in [1.165, 1.54) is 22.2 Å². The summed E-state index contributed by atoms with van der Waals surface area (Å²) in [5.41, 5.74) is 3.70. The Labute approximate surface area is 125 Å². The van der Waals surface area contributed by atoms with E-state index in [0.717, 1.165) is 6.42 Å². The first-order chi connectivity index (χ1) is 10.2. The van der Waals surface area contributed by atoms with Crippen molar-refractivity contribution in [2.45, 2.75) is 25.0 Å². The fourth-order valence-corrected chi connectivity index (χ4v) is 3.61. The van der Waals surface area contributed by atoms with Crippen molar-refractivity contribution in [3.8, 4) is 0 Å². The first-order valence-electron chi connectivity index (χ1n) is 7.43. The topological polar surface area (TPSA) is 14.2 Å². The highest BCUT2D eigenvalue weighted by atomic mass is 16.5. The minimum Gasteiger partial charge on any atom is -0.372 e. The maximum Gasteiger partial charge on any atom is 0.107 e. The molecule has 2 heteroatoms. The smallest absolute Gasteiger partial charge is 0.107 e. The van der Waals surface area contributed by atoms with E-state index in [1.807, 2.05) is 7.11 Å². The number of aromatic nitrogens is 1. The van der Waals surface area contributed by atoms with Crippen molar-refractivity contribution >= 4 is 10.9 Å². The van der Waals surface area contributed by atoms with E-state index in [0.29, 0.717) is 6.04 Å². The summed E-state index contributed by atoms with van der Waals surface area (Å²) in [6.45, 7) is 2.20. The Balaban J connectivity index is 1.99. The second-order valence-electron chi connectivity index (χ2n) is 6.02. The minimum atomic E-state index is -0.223. The lowest BCUT2D eigenvalue weighted by Crippen LogP contribution is -2.20. The van der Waals surface area contributed by atoms with Gasteiger partial charge in [0.1, 0.15) is 5.60 Å². The van der Waals surface area contributed by atoms with Crippen molar-refractivity contribution in [1.82, 2.24) is 4.57 Å². The molecule has 2 aromatic carbocycles. The Bertz CT molecular complexity index is 790. The van der Waals surface area contributed by atoms with Crippen LogP contribution < -0.4 is 0 Å². The van der Waals surface area contributed by atoms with Gasteiger partial charge in [0.05, 0.1) is 11.7 Å². The number of methoxy groups -OCH3 is 1. The first-order valence-corrected chi connectivity index (χ1v) is 7.43. The number of benzene rings is 2. The third-order valence-electron chi connectivity index (χ3n) is 4.82. The molecule has 0 spiro atoms. The molecule has 0 fully saturated rings. The summed E-state index contributed by atoms with van der Waals surface area (Å²) in [6.07, 6.45) is 0.980. The van der Waals surface area contributed by atoms with E-state index in [9.17, 15) is 0 Å². The average molecular weight is 277 g/mol. The fraction of sp³-hybridized carbons (Fsp3) is 0.263. The molecule has 2 heterocycles. The Morgan fingerprint density at radius 1 is 1.05 bits per heavy atom. The molecule has 1 aromatic heterocycles. The maximum atomic E-state index is 5.89. The number of fused-ring (bicyclic) bond motifs is 3. The van der Waals surface area contributed by atoms with Gasteiger partial charge in [-0.3, -0.25) is 0 Å². The van der Waals surface area contributed by atoms with Crippen molar-refractivity contribution in [2.24, 2.45) is 0 Å². The molecule has 0 bridgehead atoms. The quantitative estimate of drug-likeness (QED) is 0.673. The van der Waals surface area contributed by atoms with Gasteiger partial charge >= 0.3 is 0 Å². The molecule has 1 aliphatic rings. The zero-order valence-electron chi connectivity index (χ0n) is 12.4. The third-order valence-corrected chi connectivity index (χ3v) is 4.82. The number of nitrogens with zero attached hydrogens (tertiary/aromatic N) is 1. The minimum absolute atomic E-state index is 0.223. The molecule has 0 N–H and O–H groups in total. The molecule has 0 amide bonds. The second-order valence-corrected chi connectivity index (χ2v) is 6.02. The van der Waals surface area contributed by atoms with Gasteiger partial charge in [0.2, 0.25) is 0 Å². The van der Waals surface area contributed by atoms with Crippen LogP contribution in [0.3, 0.4) is 0 Å². The van der Waals surface area contributed by atoms with Crippen molar-refractivity contribution in [1.29, 1.82) is 0 Å². The molecule has 2 atom stereocenters. The molecular formula is C19H19NO. The van der Waals surface area contributed by atoms with E-state index >= 15 is 0 Å². The second kappa shape index (κ2) is 4.47. The van der Waals surface area contributed by atoms with Gasteiger partial charge in [-0.25, -0.2) is 0 Å². The van der Waals surface area contributed by atoms with Gasteiger partial charge in [-0.1, -0.05) is 48.5 Å². The maximum absolute atomic E-state index is 5.89. The van der Waals surface area contributed by atoms with Gasteiger partial charge in [0.15, 0.2) is 0 Å². The molecule has 21 heavy (non-hydrogen) atoms. The fourth-order valence-electron chi connectivity index (χ4n) is 3.61. The summed E-state index contributed by atoms with van der Waals surface area (Å²) in [5, 5.41) is 1.29. The van der Waals surface area contributed by atoms with Gasteiger partial charge in [0.25, 0.3) is 0 Å². The largest absolute Gasteiger partial charge is 0.372 e. The third kappa shape index (κ3) is 1.76. The molecule has 1 aliphatic heterocycles. The van der Waals surface area contributed by atoms with Crippen molar-refractivity contribution in [2.75, 3.05) is 7.11 Å². The number of hydrogen-bond acceptors (Lipinski definition) is 1. The van der Waals surface area contributed by atoms with Crippen LogP contribution in [0.2, 0.25) is 0 Å². The molecule has 0 radical (unpaired) electrons. The van der Waals surface area contributed by atoms with Crippen LogP contribution in [0.1, 0.15) is 30.6 Å². The zero-order valence-corrected chi connectivity index (χ0v) is 12.4. The van der Waals surface area contributed by atoms with Crippen molar-refractivity contribution in [3.05, 3.63) is 71.9 Å². The number of hydrogen-bond donors (Lipinski definition) is 0. The monoisotopic (exact) mass is 277 g/mol. The summed E-state index contributed by atoms with van der Waals surface area (Å²) >= 11 is 0. The molecule has 2 nitrogen and oxygen atoms in total. The SMILES string of the molecule is COC1(C)CC(c2ccccc2)n2c1cc1ccccc12. The van der Waals surface area contributed by atoms with Crippen LogP contribution in [0.5, 0.6) is 0 Å². The number of rotatable bonds is 2. The lowest BCUT2D eigenvalue weighted by Gasteiger charge is -2.22. The van der Waals surface area contributed by atoms with Gasteiger partial charge in [-0.2, -0.15) is 0 Å². The van der Waals surface area contributed by atoms with Crippen LogP contribution in [0.15, 0.2) is 60.7 Å². The van der Waals surface area contributed by atoms with E-state index in [4.69, 9.17) is 4.74 Å². The number of ether oxygens (including phenoxy) is 1. The Kier molecular flexibility index (Phi) is 2.69. The average Bonchev–Trinajstić information content (AvgIpc) is 3.05. The van der Waals surface area contributed by atoms with Crippen LogP contribution in [-0.2, 0) is 10.3 Å². The molecule has 4 rings (SSSR count). The summed E-state index contributed by atoms with van der Waals surface area (Å²) in [5.74, 6) is 0. The standard InChI is InChI=1S/C19H19NO/c1-19(21-2)13-17(14-8-4-3-5-9-14)20-16-11-7-6-10-15(16)12-18(19)20/h3-12,17H,13H2,1-2H3. The number of para-hydroxylation sites is 1. The van der Waals surface area contributed by atoms with Crippen molar-refractivity contribution in [3.63, 3.8) is 0 Å². The lowest BCUT2D eigenvalue weighted by molar-refractivity contribution is 0.00150. The van der Waals surface area contributed by atoms with Crippen LogP contribution in [0.25, 0.3) is 10.9 Å². The molecule has 0 aliphatic carbocycles. The first kappa shape index (κ1) is 12.7. The highest BCUT2D eigenvalue weighted by Crippen LogP contribution is 2.47. The Morgan fingerprint density at radius 2 is 1.76 bits per heavy atom. The van der Waals surface area contributed by atoms with E-state index in [-0.39, 0.29) is 5.60 Å². The van der Waals surface area contributed by atoms with Gasteiger partial charge in [-0.05, 0) is 30.0 Å². The summed E-state index contributed by atoms with van der Waals surface area (Å²) < 4.78 is 8.34. The van der Waals surface area contributed by atoms with E-state index in [2.05, 4.69) is 72.2 Å². The van der Waals surface area contributed by atoms with Crippen LogP contribution in [-0.4, -0.2) is 11.7 Å². The van der Waals surface area contributed by atoms with Gasteiger partial charge < -0.3 is 9.30 Å². The van der Waals surface area contributed by atoms with Gasteiger partial charge in [-0.15, -0.1) is 0 Å². The zero-order chi connectivity index (χ0) is 14.4. The van der Waals surface area contributed by atoms with Crippen molar-refractivity contribution < 1.29 is 4.74 Å². The highest BCUT2D eigenvalue weighted by molar-refractivity contribution is 5.82. The summed E-state index contributed by atoms with van der Waals surface area (Å²) in [7, 11) is 1.81. The lowest BCUT2D eigenvalue weighted by atomic mass is 9.94. The molecular weight excluding hydrogens is 258 g/mol. The Morgan fingerprint density at radius 3 is 2.52 bits per heavy atom. The molecule has 0 saturated heterocycles. The highest BCUT2D eigenvalue weighted by Gasteiger charge is 2.42. The van der Waals surface area contributed by atoms with E-state index in [1.54, 1.807) is 0 Å². The molecule has 3 aromatic rings. The molecule has 2 unspecified atom stereocenters. The Hall–Kier alpha value is -2.06. The van der Waals surface area contributed by atoms with Crippen LogP contribution in [0.4, 0.5) is 0 Å². The van der Waals surface area contributed by atoms with Crippen LogP contribution >= 0.6 is 0 Å². The predicted octanol–water partition coefficient (Wildman–Crippen LogP) is 4.50. The molecule has 0 saturated carbocycles. The molecule has 106 valence electrons. The summed E-state index contributed by atoms with van der Waals surface area (Å²) in [6, 6.07) is 21.9. The predicted molar refractivity (Wildman–Crippen MR) is 85.5 cm³/mol. The van der Waals surface area contributed by atoms with Gasteiger partial charge in [0, 0.05) is 19.0 Å². The van der Waals surface area contributed by atoms with E-state index < -0.39 is 0 Å². The summed E-state index contributed by atoms with van der Waals surface area (Å²) in [4.78, 5) is 0.